The van der Waals surface area contributed by atoms with Crippen LogP contribution in [0.1, 0.15) is 38.2 Å². The maximum absolute atomic E-state index is 3.70. The van der Waals surface area contributed by atoms with Crippen LogP contribution in [0, 0.1) is 0 Å². The first kappa shape index (κ1) is 14.0. The third kappa shape index (κ3) is 4.33. The van der Waals surface area contributed by atoms with Crippen molar-refractivity contribution < 1.29 is 0 Å². The van der Waals surface area contributed by atoms with Crippen LogP contribution in [0.15, 0.2) is 30.3 Å². The third-order valence-electron chi connectivity index (χ3n) is 3.72. The lowest BCUT2D eigenvalue weighted by Gasteiger charge is -2.30. The van der Waals surface area contributed by atoms with Crippen LogP contribution >= 0.6 is 11.8 Å². The molecule has 2 unspecified atom stereocenters. The molecule has 1 aromatic carbocycles. The zero-order chi connectivity index (χ0) is 12.6. The molecule has 0 spiro atoms. The average Bonchev–Trinajstić information content (AvgIpc) is 2.45. The van der Waals surface area contributed by atoms with E-state index < -0.39 is 0 Å². The minimum absolute atomic E-state index is 0.695. The molecule has 100 valence electrons. The molecule has 0 saturated carbocycles. The average molecular weight is 263 g/mol. The summed E-state index contributed by atoms with van der Waals surface area (Å²) in [5, 5.41) is 4.54. The van der Waals surface area contributed by atoms with Crippen molar-refractivity contribution in [2.24, 2.45) is 0 Å². The van der Waals surface area contributed by atoms with Gasteiger partial charge in [0.15, 0.2) is 0 Å². The predicted molar refractivity (Wildman–Crippen MR) is 82.3 cm³/mol. The normalized spacial score (nSPS) is 21.7. The molecule has 1 aliphatic rings. The highest BCUT2D eigenvalue weighted by molar-refractivity contribution is 8.00. The van der Waals surface area contributed by atoms with Crippen LogP contribution in [0.5, 0.6) is 0 Å². The molecule has 1 aliphatic heterocycles. The molecule has 1 nitrogen and oxygen atoms in total. The zero-order valence-corrected chi connectivity index (χ0v) is 12.2. The largest absolute Gasteiger partial charge is 0.313 e. The van der Waals surface area contributed by atoms with E-state index in [9.17, 15) is 0 Å². The summed E-state index contributed by atoms with van der Waals surface area (Å²) in [5.41, 5.74) is 1.47. The molecular formula is C16H25NS. The molecule has 18 heavy (non-hydrogen) atoms. The SMILES string of the molecule is CCNC(CCc1ccccc1)C1CCCCS1. The van der Waals surface area contributed by atoms with Crippen molar-refractivity contribution in [1.29, 1.82) is 0 Å². The molecule has 2 rings (SSSR count). The highest BCUT2D eigenvalue weighted by Gasteiger charge is 2.23. The van der Waals surface area contributed by atoms with E-state index in [0.29, 0.717) is 6.04 Å². The van der Waals surface area contributed by atoms with E-state index in [-0.39, 0.29) is 0 Å². The van der Waals surface area contributed by atoms with Gasteiger partial charge >= 0.3 is 0 Å². The Kier molecular flexibility index (Phi) is 6.09. The lowest BCUT2D eigenvalue weighted by molar-refractivity contribution is 0.449. The lowest BCUT2D eigenvalue weighted by Crippen LogP contribution is -2.39. The van der Waals surface area contributed by atoms with Crippen molar-refractivity contribution in [3.8, 4) is 0 Å². The Morgan fingerprint density at radius 3 is 2.78 bits per heavy atom. The molecule has 0 aromatic heterocycles. The summed E-state index contributed by atoms with van der Waals surface area (Å²) in [5.74, 6) is 1.36. The van der Waals surface area contributed by atoms with E-state index >= 15 is 0 Å². The molecule has 0 bridgehead atoms. The highest BCUT2D eigenvalue weighted by atomic mass is 32.2. The third-order valence-corrected chi connectivity index (χ3v) is 5.23. The van der Waals surface area contributed by atoms with Crippen LogP contribution in [0.25, 0.3) is 0 Å². The van der Waals surface area contributed by atoms with Gasteiger partial charge in [-0.2, -0.15) is 11.8 Å². The number of nitrogens with one attached hydrogen (secondary N) is 1. The number of hydrogen-bond acceptors (Lipinski definition) is 2. The van der Waals surface area contributed by atoms with Crippen LogP contribution in [0.4, 0.5) is 0 Å². The second kappa shape index (κ2) is 7.85. The van der Waals surface area contributed by atoms with Gasteiger partial charge in [0.25, 0.3) is 0 Å². The van der Waals surface area contributed by atoms with E-state index in [1.165, 1.54) is 43.4 Å². The quantitative estimate of drug-likeness (QED) is 0.836. The summed E-state index contributed by atoms with van der Waals surface area (Å²) < 4.78 is 0. The number of thioether (sulfide) groups is 1. The molecule has 0 aliphatic carbocycles. The maximum Gasteiger partial charge on any atom is 0.0201 e. The molecule has 1 heterocycles. The van der Waals surface area contributed by atoms with E-state index in [1.54, 1.807) is 0 Å². The Hall–Kier alpha value is -0.470. The standard InChI is InChI=1S/C16H25NS/c1-2-17-15(16-10-6-7-13-18-16)12-11-14-8-4-3-5-9-14/h3-5,8-9,15-17H,2,6-7,10-13H2,1H3. The summed E-state index contributed by atoms with van der Waals surface area (Å²) >= 11 is 2.18. The van der Waals surface area contributed by atoms with Gasteiger partial charge in [-0.25, -0.2) is 0 Å². The van der Waals surface area contributed by atoms with Crippen molar-refractivity contribution >= 4 is 11.8 Å². The van der Waals surface area contributed by atoms with Crippen LogP contribution in [0.2, 0.25) is 0 Å². The smallest absolute Gasteiger partial charge is 0.0201 e. The van der Waals surface area contributed by atoms with Crippen molar-refractivity contribution in [2.75, 3.05) is 12.3 Å². The summed E-state index contributed by atoms with van der Waals surface area (Å²) in [4.78, 5) is 0. The molecule has 1 fully saturated rings. The minimum Gasteiger partial charge on any atom is -0.313 e. The molecule has 1 N–H and O–H groups in total. The summed E-state index contributed by atoms with van der Waals surface area (Å²) in [6.07, 6.45) is 6.71. The van der Waals surface area contributed by atoms with Crippen LogP contribution < -0.4 is 5.32 Å². The second-order valence-electron chi connectivity index (χ2n) is 5.09. The Balaban J connectivity index is 1.85. The fourth-order valence-corrected chi connectivity index (χ4v) is 4.20. The first-order valence-electron chi connectivity index (χ1n) is 7.29. The van der Waals surface area contributed by atoms with Gasteiger partial charge in [0.05, 0.1) is 0 Å². The van der Waals surface area contributed by atoms with Gasteiger partial charge in [-0.15, -0.1) is 0 Å². The van der Waals surface area contributed by atoms with Crippen LogP contribution in [-0.2, 0) is 6.42 Å². The fraction of sp³-hybridized carbons (Fsp3) is 0.625. The summed E-state index contributed by atoms with van der Waals surface area (Å²) in [7, 11) is 0. The Labute approximate surface area is 116 Å². The molecule has 2 atom stereocenters. The van der Waals surface area contributed by atoms with Gasteiger partial charge in [-0.05, 0) is 43.5 Å². The molecular weight excluding hydrogens is 238 g/mol. The van der Waals surface area contributed by atoms with Gasteiger partial charge in [0.2, 0.25) is 0 Å². The molecule has 0 radical (unpaired) electrons. The first-order chi connectivity index (χ1) is 8.90. The van der Waals surface area contributed by atoms with Crippen molar-refractivity contribution in [3.63, 3.8) is 0 Å². The van der Waals surface area contributed by atoms with Gasteiger partial charge in [0.1, 0.15) is 0 Å². The van der Waals surface area contributed by atoms with E-state index in [4.69, 9.17) is 0 Å². The van der Waals surface area contributed by atoms with Crippen molar-refractivity contribution in [1.82, 2.24) is 5.32 Å². The molecule has 1 saturated heterocycles. The topological polar surface area (TPSA) is 12.0 Å². The van der Waals surface area contributed by atoms with Crippen LogP contribution in [0.3, 0.4) is 0 Å². The van der Waals surface area contributed by atoms with Crippen LogP contribution in [-0.4, -0.2) is 23.6 Å². The zero-order valence-electron chi connectivity index (χ0n) is 11.4. The molecule has 0 amide bonds. The van der Waals surface area contributed by atoms with E-state index in [1.807, 2.05) is 0 Å². The highest BCUT2D eigenvalue weighted by Crippen LogP contribution is 2.29. The predicted octanol–water partition coefficient (Wildman–Crippen LogP) is 3.88. The molecule has 2 heteroatoms. The van der Waals surface area contributed by atoms with Gasteiger partial charge in [-0.1, -0.05) is 43.7 Å². The molecule has 1 aromatic rings. The Morgan fingerprint density at radius 2 is 2.11 bits per heavy atom. The number of rotatable bonds is 6. The first-order valence-corrected chi connectivity index (χ1v) is 8.34. The van der Waals surface area contributed by atoms with Gasteiger partial charge < -0.3 is 5.32 Å². The second-order valence-corrected chi connectivity index (χ2v) is 6.44. The van der Waals surface area contributed by atoms with Gasteiger partial charge in [0, 0.05) is 11.3 Å². The van der Waals surface area contributed by atoms with Crippen molar-refractivity contribution in [2.45, 2.75) is 50.3 Å². The lowest BCUT2D eigenvalue weighted by atomic mass is 9.99. The minimum atomic E-state index is 0.695. The maximum atomic E-state index is 3.70. The fourth-order valence-electron chi connectivity index (χ4n) is 2.73. The summed E-state index contributed by atoms with van der Waals surface area (Å²) in [6.45, 7) is 3.32. The van der Waals surface area contributed by atoms with Crippen molar-refractivity contribution in [3.05, 3.63) is 35.9 Å². The van der Waals surface area contributed by atoms with Gasteiger partial charge in [-0.3, -0.25) is 0 Å². The number of benzene rings is 1. The van der Waals surface area contributed by atoms with E-state index in [2.05, 4.69) is 54.3 Å². The number of hydrogen-bond donors (Lipinski definition) is 1. The summed E-state index contributed by atoms with van der Waals surface area (Å²) in [6, 6.07) is 11.6. The Morgan fingerprint density at radius 1 is 1.28 bits per heavy atom. The Bertz CT molecular complexity index is 319. The number of aryl methyl sites for hydroxylation is 1. The van der Waals surface area contributed by atoms with E-state index in [0.717, 1.165) is 11.8 Å². The monoisotopic (exact) mass is 263 g/mol.